The number of carboxylic acid groups (broad SMARTS) is 2. The lowest BCUT2D eigenvalue weighted by atomic mass is 9.96. The van der Waals surface area contributed by atoms with Crippen molar-refractivity contribution in [1.29, 1.82) is 0 Å². The predicted molar refractivity (Wildman–Crippen MR) is 279 cm³/mol. The lowest BCUT2D eigenvalue weighted by molar-refractivity contribution is -0.145. The number of nitrogens with zero attached hydrogens (tertiary/aromatic N) is 3. The molecule has 76 heavy (non-hydrogen) atoms. The molecule has 416 valence electrons. The van der Waals surface area contributed by atoms with Gasteiger partial charge in [-0.1, -0.05) is 84.0 Å². The van der Waals surface area contributed by atoms with Crippen molar-refractivity contribution in [3.63, 3.8) is 0 Å². The Hall–Kier alpha value is -8.09. The molecule has 3 aromatic rings. The van der Waals surface area contributed by atoms with E-state index in [-0.39, 0.29) is 70.8 Å². The van der Waals surface area contributed by atoms with Gasteiger partial charge in [0, 0.05) is 44.2 Å². The van der Waals surface area contributed by atoms with Gasteiger partial charge >= 0.3 is 11.9 Å². The van der Waals surface area contributed by atoms with Crippen molar-refractivity contribution in [2.45, 2.75) is 141 Å². The zero-order valence-corrected chi connectivity index (χ0v) is 42.5. The lowest BCUT2D eigenvalue weighted by Gasteiger charge is -2.32. The molecule has 0 saturated carbocycles. The molecule has 9 atom stereocenters. The van der Waals surface area contributed by atoms with E-state index in [1.807, 2.05) is 0 Å². The summed E-state index contributed by atoms with van der Waals surface area (Å²) in [6.45, 7) is 6.90. The highest BCUT2D eigenvalue weighted by molar-refractivity contribution is 5.98. The van der Waals surface area contributed by atoms with Gasteiger partial charge in [0.05, 0.1) is 18.8 Å². The topological polar surface area (TPSA) is 409 Å². The number of H-pyrrole nitrogens is 1. The zero-order valence-electron chi connectivity index (χ0n) is 42.5. The minimum Gasteiger partial charge on any atom is -0.508 e. The molecule has 2 aromatic carbocycles. The van der Waals surface area contributed by atoms with E-state index in [4.69, 9.17) is 17.2 Å². The molecule has 25 nitrogen and oxygen atoms in total. The number of phenols is 1. The van der Waals surface area contributed by atoms with Crippen molar-refractivity contribution < 1.29 is 58.5 Å². The molecule has 1 aliphatic rings. The van der Waals surface area contributed by atoms with Gasteiger partial charge in [0.25, 0.3) is 0 Å². The number of hydrogen-bond acceptors (Lipinski definition) is 13. The molecule has 4 rings (SSSR count). The van der Waals surface area contributed by atoms with Gasteiger partial charge in [0.15, 0.2) is 5.96 Å². The Labute approximate surface area is 441 Å². The van der Waals surface area contributed by atoms with Crippen LogP contribution in [0.1, 0.15) is 90.5 Å². The highest BCUT2D eigenvalue weighted by Gasteiger charge is 2.41. The number of rotatable bonds is 29. The molecule has 1 saturated heterocycles. The third kappa shape index (κ3) is 19.3. The smallest absolute Gasteiger partial charge is 0.326 e. The molecule has 9 unspecified atom stereocenters. The highest BCUT2D eigenvalue weighted by Crippen LogP contribution is 2.21. The summed E-state index contributed by atoms with van der Waals surface area (Å²) in [4.78, 5) is 134. The fraction of sp³-hybridized carbons (Fsp3) is 0.510. The molecule has 1 fully saturated rings. The van der Waals surface area contributed by atoms with Gasteiger partial charge < -0.3 is 74.3 Å². The maximum absolute atomic E-state index is 14.6. The van der Waals surface area contributed by atoms with Gasteiger partial charge in [-0.05, 0) is 60.8 Å². The number of benzene rings is 2. The van der Waals surface area contributed by atoms with Crippen LogP contribution in [0.25, 0.3) is 0 Å². The molecular weight excluding hydrogens is 987 g/mol. The second-order valence-corrected chi connectivity index (χ2v) is 18.9. The minimum atomic E-state index is -1.51. The molecule has 1 aliphatic heterocycles. The molecule has 0 spiro atoms. The number of amides is 7. The predicted octanol–water partition coefficient (Wildman–Crippen LogP) is -0.679. The van der Waals surface area contributed by atoms with E-state index in [0.29, 0.717) is 29.7 Å². The maximum Gasteiger partial charge on any atom is 0.326 e. The van der Waals surface area contributed by atoms with Crippen LogP contribution >= 0.6 is 0 Å². The third-order valence-corrected chi connectivity index (χ3v) is 12.7. The van der Waals surface area contributed by atoms with Crippen LogP contribution in [0, 0.1) is 11.8 Å². The van der Waals surface area contributed by atoms with E-state index >= 15 is 0 Å². The second-order valence-electron chi connectivity index (χ2n) is 18.9. The first kappa shape index (κ1) is 62.2. The van der Waals surface area contributed by atoms with Crippen LogP contribution in [0.5, 0.6) is 5.75 Å². The number of hydrogen-bond donors (Lipinski definition) is 13. The number of aliphatic imine (C=N–C) groups is 1. The fourth-order valence-electron chi connectivity index (χ4n) is 8.31. The number of nitrogens with one attached hydrogen (secondary N) is 7. The van der Waals surface area contributed by atoms with Crippen molar-refractivity contribution in [2.75, 3.05) is 13.1 Å². The first-order valence-electron chi connectivity index (χ1n) is 24.8. The molecule has 0 bridgehead atoms. The van der Waals surface area contributed by atoms with Crippen molar-refractivity contribution >= 4 is 59.2 Å². The van der Waals surface area contributed by atoms with Crippen LogP contribution in [0.15, 0.2) is 72.1 Å². The Bertz CT molecular complexity index is 2450. The van der Waals surface area contributed by atoms with Crippen LogP contribution in [0.2, 0.25) is 0 Å². The highest BCUT2D eigenvalue weighted by atomic mass is 16.4. The average molecular weight is 1060 g/mol. The SMILES string of the molecule is C.CCC(C)C(NC(=O)C(Cc1ccc(O)cc1)NC(=O)C(NC(=O)C(CCCN=C(N)N)NC(=O)C(N)CC(=O)O)C(C)C)C(=O)NC(Cc1cnc[nH]1)C(=O)N1CCCC1C(=O)NC(Cc1ccccc1)C(=O)O. The number of carbonyl (C=O) groups is 9. The van der Waals surface area contributed by atoms with E-state index in [9.17, 15) is 58.5 Å². The summed E-state index contributed by atoms with van der Waals surface area (Å²) in [7, 11) is 0. The standard InChI is InChI=1S/C50H71N13O12.CH4/c1-5-28(4)41(47(72)59-36(23-31-25-54-26-56-31)48(73)63-20-10-14-38(63)45(70)60-37(49(74)75)22-29-11-7-6-8-12-29)62-44(69)35(21-30-15-17-32(64)18-16-30)58-46(71)40(27(2)3)61-43(68)34(13-9-19-55-50(52)53)57-42(67)33(51)24-39(65)66;/h6-8,11-12,15-18,25-28,33-38,40-41,64H,5,9-10,13-14,19-24,51H2,1-4H3,(H,54,56)(H,57,67)(H,58,71)(H,59,72)(H,60,70)(H,61,68)(H,62,69)(H,65,66)(H,74,75)(H4,52,53,55);1H4. The number of aromatic nitrogens is 2. The Morgan fingerprint density at radius 2 is 1.34 bits per heavy atom. The first-order chi connectivity index (χ1) is 35.6. The van der Waals surface area contributed by atoms with Crippen molar-refractivity contribution in [3.8, 4) is 5.75 Å². The molecule has 7 amide bonds. The summed E-state index contributed by atoms with van der Waals surface area (Å²) in [5, 5.41) is 45.1. The van der Waals surface area contributed by atoms with E-state index in [1.165, 1.54) is 41.7 Å². The third-order valence-electron chi connectivity index (χ3n) is 12.7. The maximum atomic E-state index is 14.6. The van der Waals surface area contributed by atoms with Crippen LogP contribution < -0.4 is 49.1 Å². The summed E-state index contributed by atoms with van der Waals surface area (Å²) in [6.07, 6.45) is 2.92. The van der Waals surface area contributed by atoms with Crippen molar-refractivity contribution in [2.24, 2.45) is 34.0 Å². The molecule has 25 heteroatoms. The van der Waals surface area contributed by atoms with Crippen molar-refractivity contribution in [3.05, 3.63) is 83.9 Å². The van der Waals surface area contributed by atoms with Crippen LogP contribution in [0.4, 0.5) is 0 Å². The summed E-state index contributed by atoms with van der Waals surface area (Å²) in [5.74, 6) is -9.64. The summed E-state index contributed by atoms with van der Waals surface area (Å²) >= 11 is 0. The van der Waals surface area contributed by atoms with Gasteiger partial charge in [0.1, 0.15) is 48.0 Å². The largest absolute Gasteiger partial charge is 0.508 e. The van der Waals surface area contributed by atoms with Gasteiger partial charge in [-0.2, -0.15) is 0 Å². The van der Waals surface area contributed by atoms with E-state index in [1.54, 1.807) is 58.0 Å². The quantitative estimate of drug-likeness (QED) is 0.0233. The summed E-state index contributed by atoms with van der Waals surface area (Å²) < 4.78 is 0. The summed E-state index contributed by atoms with van der Waals surface area (Å²) in [5.41, 5.74) is 18.2. The van der Waals surface area contributed by atoms with E-state index in [2.05, 4.69) is 46.9 Å². The molecule has 0 aliphatic carbocycles. The minimum absolute atomic E-state index is 0. The van der Waals surface area contributed by atoms with E-state index < -0.39 is 120 Å². The normalized spacial score (nSPS) is 16.1. The number of carboxylic acids is 2. The molecular formula is C51H75N13O12. The van der Waals surface area contributed by atoms with Gasteiger partial charge in [-0.15, -0.1) is 0 Å². The lowest BCUT2D eigenvalue weighted by Crippen LogP contribution is -2.62. The van der Waals surface area contributed by atoms with Crippen LogP contribution in [-0.4, -0.2) is 151 Å². The number of phenolic OH excluding ortho intramolecular Hbond substituents is 1. The monoisotopic (exact) mass is 1060 g/mol. The molecule has 0 radical (unpaired) electrons. The second kappa shape index (κ2) is 30.3. The number of guanidine groups is 1. The average Bonchev–Trinajstić information content (AvgIpc) is 4.08. The van der Waals surface area contributed by atoms with Gasteiger partial charge in [-0.3, -0.25) is 43.3 Å². The first-order valence-corrected chi connectivity index (χ1v) is 24.8. The molecule has 1 aromatic heterocycles. The number of carbonyl (C=O) groups excluding carboxylic acids is 7. The van der Waals surface area contributed by atoms with Gasteiger partial charge in [0.2, 0.25) is 41.4 Å². The van der Waals surface area contributed by atoms with E-state index in [0.717, 1.165) is 0 Å². The number of imidazole rings is 1. The zero-order chi connectivity index (χ0) is 55.4. The fourth-order valence-corrected chi connectivity index (χ4v) is 8.31. The number of aromatic amines is 1. The van der Waals surface area contributed by atoms with Crippen LogP contribution in [-0.2, 0) is 62.4 Å². The number of nitrogens with two attached hydrogens (primary N) is 3. The number of likely N-dealkylation sites (tertiary alicyclic amines) is 1. The Balaban J connectivity index is 0.0000152. The Morgan fingerprint density at radius 1 is 0.750 bits per heavy atom. The van der Waals surface area contributed by atoms with Crippen molar-refractivity contribution in [1.82, 2.24) is 46.8 Å². The Morgan fingerprint density at radius 3 is 1.93 bits per heavy atom. The molecule has 2 heterocycles. The number of aliphatic carboxylic acids is 2. The summed E-state index contributed by atoms with van der Waals surface area (Å²) in [6, 6.07) is 3.95. The van der Waals surface area contributed by atoms with Crippen LogP contribution in [0.3, 0.4) is 0 Å². The number of aromatic hydroxyl groups is 1. The molecule has 16 N–H and O–H groups in total. The van der Waals surface area contributed by atoms with Gasteiger partial charge in [-0.25, -0.2) is 9.78 Å². The Kier molecular flexibility index (Phi) is 24.8.